The molecular weight excluding hydrogens is 352 g/mol. The Hall–Kier alpha value is -2.93. The molecule has 0 aliphatic carbocycles. The van der Waals surface area contributed by atoms with E-state index in [9.17, 15) is 0 Å². The van der Waals surface area contributed by atoms with E-state index in [-0.39, 0.29) is 0 Å². The van der Waals surface area contributed by atoms with Crippen LogP contribution in [0.1, 0.15) is 25.0 Å². The van der Waals surface area contributed by atoms with E-state index < -0.39 is 0 Å². The number of aromatic nitrogens is 3. The molecule has 3 aromatic rings. The predicted octanol–water partition coefficient (Wildman–Crippen LogP) is 3.43. The molecule has 0 spiro atoms. The highest BCUT2D eigenvalue weighted by Gasteiger charge is 2.18. The number of nitrogens with one attached hydrogen (secondary N) is 1. The Morgan fingerprint density at radius 1 is 1.25 bits per heavy atom. The van der Waals surface area contributed by atoms with Gasteiger partial charge in [-0.15, -0.1) is 0 Å². The lowest BCUT2D eigenvalue weighted by Crippen LogP contribution is -2.36. The van der Waals surface area contributed by atoms with Crippen LogP contribution in [0, 0.1) is 6.92 Å². The van der Waals surface area contributed by atoms with E-state index in [1.165, 1.54) is 5.56 Å². The molecule has 4 rings (SSSR count). The van der Waals surface area contributed by atoms with Crippen molar-refractivity contribution < 1.29 is 4.74 Å². The van der Waals surface area contributed by atoms with Crippen LogP contribution in [-0.2, 0) is 11.3 Å². The maximum Gasteiger partial charge on any atom is 0.164 e. The van der Waals surface area contributed by atoms with Crippen LogP contribution >= 0.6 is 0 Å². The minimum atomic E-state index is 0.719. The lowest BCUT2D eigenvalue weighted by molar-refractivity contribution is 0.123. The van der Waals surface area contributed by atoms with Gasteiger partial charge in [-0.25, -0.2) is 9.97 Å². The van der Waals surface area contributed by atoms with Crippen molar-refractivity contribution >= 4 is 28.4 Å². The summed E-state index contributed by atoms with van der Waals surface area (Å²) in [6.45, 7) is 10.2. The summed E-state index contributed by atoms with van der Waals surface area (Å²) >= 11 is 0. The van der Waals surface area contributed by atoms with Crippen molar-refractivity contribution in [3.05, 3.63) is 47.8 Å². The van der Waals surface area contributed by atoms with Crippen molar-refractivity contribution in [2.75, 3.05) is 36.6 Å². The first-order valence-corrected chi connectivity index (χ1v) is 9.71. The van der Waals surface area contributed by atoms with Crippen LogP contribution in [0.4, 0.5) is 11.5 Å². The largest absolute Gasteiger partial charge is 0.378 e. The fourth-order valence-electron chi connectivity index (χ4n) is 3.43. The molecule has 2 aromatic heterocycles. The number of rotatable bonds is 5. The molecule has 7 nitrogen and oxygen atoms in total. The maximum absolute atomic E-state index is 5.51. The number of fused-ring (bicyclic) bond motifs is 1. The number of hydrogen-bond donors (Lipinski definition) is 1. The number of hydrazone groups is 1. The minimum absolute atomic E-state index is 0.719. The second-order valence-corrected chi connectivity index (χ2v) is 7.01. The van der Waals surface area contributed by atoms with Gasteiger partial charge in [0.1, 0.15) is 5.52 Å². The number of hydrogen-bond acceptors (Lipinski definition) is 6. The van der Waals surface area contributed by atoms with Gasteiger partial charge < -0.3 is 14.2 Å². The molecular formula is C21H26N6O. The van der Waals surface area contributed by atoms with Gasteiger partial charge in [-0.2, -0.15) is 5.10 Å². The first kappa shape index (κ1) is 18.4. The normalized spacial score (nSPS) is 15.2. The molecule has 0 atom stereocenters. The van der Waals surface area contributed by atoms with E-state index in [1.807, 2.05) is 25.4 Å². The van der Waals surface area contributed by atoms with Gasteiger partial charge in [0.05, 0.1) is 30.9 Å². The van der Waals surface area contributed by atoms with E-state index in [0.717, 1.165) is 66.8 Å². The van der Waals surface area contributed by atoms with Crippen molar-refractivity contribution in [1.82, 2.24) is 14.5 Å². The van der Waals surface area contributed by atoms with Crippen LogP contribution in [0.25, 0.3) is 11.2 Å². The molecule has 146 valence electrons. The number of imidazole rings is 1. The second kappa shape index (κ2) is 7.98. The van der Waals surface area contributed by atoms with Crippen molar-refractivity contribution in [1.29, 1.82) is 0 Å². The summed E-state index contributed by atoms with van der Waals surface area (Å²) in [4.78, 5) is 11.7. The quantitative estimate of drug-likeness (QED) is 0.544. The zero-order valence-electron chi connectivity index (χ0n) is 16.6. The van der Waals surface area contributed by atoms with Crippen LogP contribution in [0.15, 0.2) is 41.8 Å². The van der Waals surface area contributed by atoms with Gasteiger partial charge in [0.15, 0.2) is 11.5 Å². The fraction of sp³-hybridized carbons (Fsp3) is 0.381. The van der Waals surface area contributed by atoms with Gasteiger partial charge in [0, 0.05) is 25.7 Å². The number of morpholine rings is 1. The van der Waals surface area contributed by atoms with Crippen molar-refractivity contribution in [3.63, 3.8) is 0 Å². The lowest BCUT2D eigenvalue weighted by Gasteiger charge is -2.29. The van der Waals surface area contributed by atoms with E-state index in [4.69, 9.17) is 9.72 Å². The highest BCUT2D eigenvalue weighted by Crippen LogP contribution is 2.28. The Morgan fingerprint density at radius 2 is 2.07 bits per heavy atom. The van der Waals surface area contributed by atoms with Crippen LogP contribution in [0.5, 0.6) is 0 Å². The average molecular weight is 378 g/mol. The van der Waals surface area contributed by atoms with Crippen molar-refractivity contribution in [2.45, 2.75) is 27.3 Å². The van der Waals surface area contributed by atoms with Crippen LogP contribution in [0.2, 0.25) is 0 Å². The van der Waals surface area contributed by atoms with Gasteiger partial charge in [0.2, 0.25) is 0 Å². The minimum Gasteiger partial charge on any atom is -0.378 e. The van der Waals surface area contributed by atoms with Crippen molar-refractivity contribution in [2.24, 2.45) is 5.10 Å². The summed E-state index contributed by atoms with van der Waals surface area (Å²) in [5.74, 6) is 0.719. The molecule has 28 heavy (non-hydrogen) atoms. The van der Waals surface area contributed by atoms with Gasteiger partial charge in [-0.05, 0) is 26.3 Å². The average Bonchev–Trinajstić information content (AvgIpc) is 3.15. The molecule has 7 heteroatoms. The molecule has 1 aliphatic rings. The van der Waals surface area contributed by atoms with Gasteiger partial charge in [-0.3, -0.25) is 5.43 Å². The van der Waals surface area contributed by atoms with Crippen LogP contribution in [0.3, 0.4) is 0 Å². The fourth-order valence-corrected chi connectivity index (χ4v) is 3.43. The van der Waals surface area contributed by atoms with E-state index in [0.29, 0.717) is 0 Å². The number of anilines is 2. The molecule has 3 heterocycles. The molecule has 0 saturated carbocycles. The summed E-state index contributed by atoms with van der Waals surface area (Å²) in [7, 11) is 0. The van der Waals surface area contributed by atoms with Gasteiger partial charge in [-0.1, -0.05) is 29.8 Å². The van der Waals surface area contributed by atoms with Gasteiger partial charge >= 0.3 is 0 Å². The van der Waals surface area contributed by atoms with Crippen molar-refractivity contribution in [3.8, 4) is 0 Å². The molecule has 0 radical (unpaired) electrons. The standard InChI is InChI=1S/C21H26N6O/c1-4-26-14-22-20-18(27-8-10-28-11-9-27)13-19(23-21(20)26)25-24-16(3)17-7-5-6-15(2)12-17/h5-7,12-14H,4,8-11H2,1-3H3,(H,23,25)/b24-16+. The number of benzene rings is 1. The molecule has 1 aliphatic heterocycles. The Labute approximate surface area is 165 Å². The summed E-state index contributed by atoms with van der Waals surface area (Å²) in [6.07, 6.45) is 1.85. The second-order valence-electron chi connectivity index (χ2n) is 7.01. The zero-order chi connectivity index (χ0) is 19.5. The Balaban J connectivity index is 1.69. The first-order chi connectivity index (χ1) is 13.7. The topological polar surface area (TPSA) is 67.6 Å². The zero-order valence-corrected chi connectivity index (χ0v) is 16.6. The monoisotopic (exact) mass is 378 g/mol. The number of pyridine rings is 1. The van der Waals surface area contributed by atoms with Crippen LogP contribution < -0.4 is 10.3 Å². The summed E-state index contributed by atoms with van der Waals surface area (Å²) in [6, 6.07) is 10.4. The first-order valence-electron chi connectivity index (χ1n) is 9.71. The third-order valence-electron chi connectivity index (χ3n) is 5.02. The maximum atomic E-state index is 5.51. The van der Waals surface area contributed by atoms with E-state index >= 15 is 0 Å². The SMILES string of the molecule is CCn1cnc2c(N3CCOCC3)cc(N/N=C(\C)c3cccc(C)c3)nc21. The third-order valence-corrected chi connectivity index (χ3v) is 5.02. The Morgan fingerprint density at radius 3 is 2.82 bits per heavy atom. The number of aryl methyl sites for hydroxylation is 2. The Kier molecular flexibility index (Phi) is 5.25. The lowest BCUT2D eigenvalue weighted by atomic mass is 10.1. The predicted molar refractivity (Wildman–Crippen MR) is 113 cm³/mol. The molecule has 0 bridgehead atoms. The van der Waals surface area contributed by atoms with E-state index in [2.05, 4.69) is 57.0 Å². The van der Waals surface area contributed by atoms with E-state index in [1.54, 1.807) is 0 Å². The summed E-state index contributed by atoms with van der Waals surface area (Å²) in [5.41, 5.74) is 9.26. The molecule has 0 amide bonds. The highest BCUT2D eigenvalue weighted by molar-refractivity contribution is 5.99. The highest BCUT2D eigenvalue weighted by atomic mass is 16.5. The molecule has 0 unspecified atom stereocenters. The smallest absolute Gasteiger partial charge is 0.164 e. The Bertz CT molecular complexity index is 1000. The molecule has 1 saturated heterocycles. The summed E-state index contributed by atoms with van der Waals surface area (Å²) in [5, 5.41) is 4.57. The number of nitrogens with zero attached hydrogens (tertiary/aromatic N) is 5. The van der Waals surface area contributed by atoms with Crippen LogP contribution in [-0.4, -0.2) is 46.6 Å². The van der Waals surface area contributed by atoms with Gasteiger partial charge in [0.25, 0.3) is 0 Å². The molecule has 1 fully saturated rings. The number of ether oxygens (including phenoxy) is 1. The molecule has 1 N–H and O–H groups in total. The third kappa shape index (κ3) is 3.71. The summed E-state index contributed by atoms with van der Waals surface area (Å²) < 4.78 is 7.56. The molecule has 1 aromatic carbocycles.